The predicted octanol–water partition coefficient (Wildman–Crippen LogP) is 3.08. The van der Waals surface area contributed by atoms with Crippen LogP contribution in [0.15, 0.2) is 52.3 Å². The summed E-state index contributed by atoms with van der Waals surface area (Å²) in [6.45, 7) is 2.87. The van der Waals surface area contributed by atoms with Crippen LogP contribution in [0.3, 0.4) is 0 Å². The second kappa shape index (κ2) is 10.9. The molecule has 0 aromatic heterocycles. The van der Waals surface area contributed by atoms with Gasteiger partial charge in [-0.3, -0.25) is 4.79 Å². The van der Waals surface area contributed by atoms with Gasteiger partial charge in [-0.1, -0.05) is 18.6 Å². The number of benzene rings is 2. The molecule has 1 aliphatic heterocycles. The monoisotopic (exact) mass is 508 g/mol. The van der Waals surface area contributed by atoms with Gasteiger partial charge in [-0.2, -0.15) is 4.31 Å². The normalized spacial score (nSPS) is 16.1. The fourth-order valence-electron chi connectivity index (χ4n) is 4.01. The van der Waals surface area contributed by atoms with Gasteiger partial charge in [0.2, 0.25) is 15.9 Å². The lowest BCUT2D eigenvalue weighted by Crippen LogP contribution is -2.35. The Kier molecular flexibility index (Phi) is 8.38. The molecule has 0 spiro atoms. The Labute approximate surface area is 202 Å². The summed E-state index contributed by atoms with van der Waals surface area (Å²) < 4.78 is 56.2. The van der Waals surface area contributed by atoms with Crippen LogP contribution in [0.2, 0.25) is 0 Å². The lowest BCUT2D eigenvalue weighted by atomic mass is 10.1. The molecular weight excluding hydrogens is 476 g/mol. The number of amides is 1. The van der Waals surface area contributed by atoms with Gasteiger partial charge in [-0.15, -0.1) is 0 Å². The molecule has 186 valence electrons. The van der Waals surface area contributed by atoms with Gasteiger partial charge in [0.05, 0.1) is 22.9 Å². The van der Waals surface area contributed by atoms with E-state index in [4.69, 9.17) is 4.74 Å². The molecule has 1 amide bonds. The number of methoxy groups -OCH3 is 1. The lowest BCUT2D eigenvalue weighted by molar-refractivity contribution is -0.121. The van der Waals surface area contributed by atoms with E-state index in [1.54, 1.807) is 30.3 Å². The third kappa shape index (κ3) is 6.37. The number of nitrogens with one attached hydrogen (secondary N) is 1. The van der Waals surface area contributed by atoms with Crippen LogP contribution in [0.4, 0.5) is 0 Å². The van der Waals surface area contributed by atoms with Gasteiger partial charge < -0.3 is 10.1 Å². The highest BCUT2D eigenvalue weighted by molar-refractivity contribution is 7.90. The first-order valence-electron chi connectivity index (χ1n) is 11.3. The molecule has 0 bridgehead atoms. The van der Waals surface area contributed by atoms with Gasteiger partial charge in [0.15, 0.2) is 9.84 Å². The first-order valence-corrected chi connectivity index (χ1v) is 14.6. The number of rotatable bonds is 9. The maximum absolute atomic E-state index is 13.0. The fourth-order valence-corrected chi connectivity index (χ4v) is 6.21. The van der Waals surface area contributed by atoms with E-state index in [0.717, 1.165) is 31.1 Å². The van der Waals surface area contributed by atoms with Gasteiger partial charge in [0.25, 0.3) is 0 Å². The number of carbonyl (C=O) groups is 1. The molecule has 0 saturated carbocycles. The second-order valence-corrected chi connectivity index (χ2v) is 12.5. The minimum atomic E-state index is -3.58. The number of sulfonamides is 1. The van der Waals surface area contributed by atoms with Crippen molar-refractivity contribution in [3.63, 3.8) is 0 Å². The summed E-state index contributed by atoms with van der Waals surface area (Å²) in [6.07, 6.45) is 4.37. The number of carbonyl (C=O) groups excluding carboxylic acids is 1. The summed E-state index contributed by atoms with van der Waals surface area (Å²) in [7, 11) is -5.35. The summed E-state index contributed by atoms with van der Waals surface area (Å²) in [4.78, 5) is 13.0. The van der Waals surface area contributed by atoms with Gasteiger partial charge >= 0.3 is 0 Å². The SMILES string of the molecule is COc1ccc(S(=O)(=O)N2CCCCC2)cc1CCC(=O)N[C@@H](C)c1ccc(S(C)(=O)=O)cc1. The van der Waals surface area contributed by atoms with E-state index in [1.807, 2.05) is 6.92 Å². The van der Waals surface area contributed by atoms with Crippen molar-refractivity contribution >= 4 is 25.8 Å². The Morgan fingerprint density at radius 3 is 2.21 bits per heavy atom. The van der Waals surface area contributed by atoms with E-state index in [9.17, 15) is 21.6 Å². The number of piperidine rings is 1. The maximum Gasteiger partial charge on any atom is 0.243 e. The molecule has 10 heteroatoms. The molecule has 3 rings (SSSR count). The van der Waals surface area contributed by atoms with Crippen LogP contribution < -0.4 is 10.1 Å². The van der Waals surface area contributed by atoms with E-state index < -0.39 is 19.9 Å². The molecule has 2 aromatic carbocycles. The molecule has 1 saturated heterocycles. The van der Waals surface area contributed by atoms with Gasteiger partial charge in [0, 0.05) is 25.8 Å². The Morgan fingerprint density at radius 2 is 1.62 bits per heavy atom. The number of hydrogen-bond acceptors (Lipinski definition) is 6. The average Bonchev–Trinajstić information content (AvgIpc) is 2.82. The average molecular weight is 509 g/mol. The molecule has 0 unspecified atom stereocenters. The van der Waals surface area contributed by atoms with Crippen molar-refractivity contribution in [3.8, 4) is 5.75 Å². The Morgan fingerprint density at radius 1 is 1.00 bits per heavy atom. The van der Waals surface area contributed by atoms with Gasteiger partial charge in [-0.05, 0) is 67.6 Å². The smallest absolute Gasteiger partial charge is 0.243 e. The largest absolute Gasteiger partial charge is 0.496 e. The van der Waals surface area contributed by atoms with Crippen molar-refractivity contribution in [2.45, 2.75) is 54.9 Å². The quantitative estimate of drug-likeness (QED) is 0.557. The lowest BCUT2D eigenvalue weighted by Gasteiger charge is -2.26. The van der Waals surface area contributed by atoms with Gasteiger partial charge in [-0.25, -0.2) is 16.8 Å². The second-order valence-electron chi connectivity index (χ2n) is 8.57. The summed E-state index contributed by atoms with van der Waals surface area (Å²) in [6, 6.07) is 10.9. The van der Waals surface area contributed by atoms with Crippen LogP contribution in [0, 0.1) is 0 Å². The Balaban J connectivity index is 1.67. The third-order valence-electron chi connectivity index (χ3n) is 6.01. The molecule has 1 fully saturated rings. The molecule has 34 heavy (non-hydrogen) atoms. The van der Waals surface area contributed by atoms with E-state index in [2.05, 4.69) is 5.32 Å². The number of nitrogens with zero attached hydrogens (tertiary/aromatic N) is 1. The van der Waals surface area contributed by atoms with Crippen molar-refractivity contribution in [2.24, 2.45) is 0 Å². The number of hydrogen-bond donors (Lipinski definition) is 1. The highest BCUT2D eigenvalue weighted by Crippen LogP contribution is 2.27. The topological polar surface area (TPSA) is 110 Å². The zero-order valence-electron chi connectivity index (χ0n) is 19.8. The number of ether oxygens (including phenoxy) is 1. The van der Waals surface area contributed by atoms with Crippen LogP contribution in [0.25, 0.3) is 0 Å². The summed E-state index contributed by atoms with van der Waals surface area (Å²) in [5, 5.41) is 2.90. The van der Waals surface area contributed by atoms with Crippen LogP contribution in [-0.2, 0) is 31.1 Å². The van der Waals surface area contributed by atoms with E-state index in [-0.39, 0.29) is 28.2 Å². The van der Waals surface area contributed by atoms with Crippen LogP contribution >= 0.6 is 0 Å². The zero-order chi connectivity index (χ0) is 24.9. The standard InChI is InChI=1S/C24H32N2O6S2/c1-18(19-7-10-21(11-8-19)33(3,28)29)25-24(27)14-9-20-17-22(12-13-23(20)32-2)34(30,31)26-15-5-4-6-16-26/h7-8,10-13,17-18H,4-6,9,14-16H2,1-3H3,(H,25,27)/t18-/m0/s1. The first-order chi connectivity index (χ1) is 16.0. The zero-order valence-corrected chi connectivity index (χ0v) is 21.4. The van der Waals surface area contributed by atoms with E-state index >= 15 is 0 Å². The molecule has 1 atom stereocenters. The first kappa shape index (κ1) is 26.2. The van der Waals surface area contributed by atoms with Crippen molar-refractivity contribution in [1.29, 1.82) is 0 Å². The summed E-state index contributed by atoms with van der Waals surface area (Å²) in [5.41, 5.74) is 1.44. The Bertz CT molecular complexity index is 1220. The number of sulfone groups is 1. The molecule has 1 heterocycles. The minimum Gasteiger partial charge on any atom is -0.496 e. The molecule has 1 N–H and O–H groups in total. The minimum absolute atomic E-state index is 0.148. The molecule has 0 aliphatic carbocycles. The van der Waals surface area contributed by atoms with Crippen LogP contribution in [0.1, 0.15) is 49.8 Å². The highest BCUT2D eigenvalue weighted by Gasteiger charge is 2.26. The molecule has 2 aromatic rings. The van der Waals surface area contributed by atoms with Gasteiger partial charge in [0.1, 0.15) is 5.75 Å². The molecule has 0 radical (unpaired) electrons. The summed E-state index contributed by atoms with van der Waals surface area (Å²) in [5.74, 6) is 0.334. The molecule has 1 aliphatic rings. The van der Waals surface area contributed by atoms with Crippen molar-refractivity contribution < 1.29 is 26.4 Å². The van der Waals surface area contributed by atoms with E-state index in [1.165, 1.54) is 23.5 Å². The highest BCUT2D eigenvalue weighted by atomic mass is 32.2. The molecular formula is C24H32N2O6S2. The maximum atomic E-state index is 13.0. The van der Waals surface area contributed by atoms with Crippen LogP contribution in [-0.4, -0.2) is 53.5 Å². The number of aryl methyl sites for hydroxylation is 1. The fraction of sp³-hybridized carbons (Fsp3) is 0.458. The van der Waals surface area contributed by atoms with Crippen molar-refractivity contribution in [1.82, 2.24) is 9.62 Å². The molecule has 8 nitrogen and oxygen atoms in total. The van der Waals surface area contributed by atoms with Crippen molar-refractivity contribution in [3.05, 3.63) is 53.6 Å². The Hall–Kier alpha value is -2.43. The van der Waals surface area contributed by atoms with E-state index in [0.29, 0.717) is 30.8 Å². The third-order valence-corrected chi connectivity index (χ3v) is 9.03. The predicted molar refractivity (Wildman–Crippen MR) is 130 cm³/mol. The van der Waals surface area contributed by atoms with Crippen molar-refractivity contribution in [2.75, 3.05) is 26.5 Å². The van der Waals surface area contributed by atoms with Crippen LogP contribution in [0.5, 0.6) is 5.75 Å². The summed E-state index contributed by atoms with van der Waals surface area (Å²) >= 11 is 0.